The number of aromatic nitrogens is 1. The highest BCUT2D eigenvalue weighted by atomic mass is 16.2. The molecule has 1 saturated heterocycles. The van der Waals surface area contributed by atoms with E-state index < -0.39 is 0 Å². The van der Waals surface area contributed by atoms with Crippen LogP contribution in [0.3, 0.4) is 0 Å². The maximum absolute atomic E-state index is 12.3. The Labute approximate surface area is 118 Å². The molecule has 1 aliphatic heterocycles. The maximum Gasteiger partial charge on any atom is 0.272 e. The number of anilines is 1. The molecule has 2 amide bonds. The first kappa shape index (κ1) is 14.3. The normalized spacial score (nSPS) is 15.4. The van der Waals surface area contributed by atoms with Crippen molar-refractivity contribution >= 4 is 17.5 Å². The van der Waals surface area contributed by atoms with Gasteiger partial charge in [-0.25, -0.2) is 4.98 Å². The van der Waals surface area contributed by atoms with Crippen molar-refractivity contribution in [3.8, 4) is 0 Å². The molecule has 1 aliphatic rings. The summed E-state index contributed by atoms with van der Waals surface area (Å²) in [5, 5.41) is 5.96. The molecule has 108 valence electrons. The summed E-state index contributed by atoms with van der Waals surface area (Å²) in [5.41, 5.74) is 1.28. The van der Waals surface area contributed by atoms with Crippen LogP contribution in [0, 0.1) is 0 Å². The number of hydrogen-bond acceptors (Lipinski definition) is 4. The molecule has 1 aromatic heterocycles. The minimum absolute atomic E-state index is 0.107. The van der Waals surface area contributed by atoms with Crippen molar-refractivity contribution in [1.82, 2.24) is 15.2 Å². The lowest BCUT2D eigenvalue weighted by Crippen LogP contribution is -2.37. The SMILES string of the molecule is CCCNc1ccc(C(=O)N2CCCNC(=O)C2)nc1. The minimum atomic E-state index is -0.191. The lowest BCUT2D eigenvalue weighted by atomic mass is 10.2. The summed E-state index contributed by atoms with van der Waals surface area (Å²) < 4.78 is 0. The molecular formula is C14H20N4O2. The molecule has 0 aromatic carbocycles. The van der Waals surface area contributed by atoms with Gasteiger partial charge in [-0.3, -0.25) is 9.59 Å². The second-order valence-electron chi connectivity index (χ2n) is 4.79. The van der Waals surface area contributed by atoms with Gasteiger partial charge in [0.05, 0.1) is 18.4 Å². The predicted octanol–water partition coefficient (Wildman–Crippen LogP) is 0.866. The third-order valence-corrected chi connectivity index (χ3v) is 3.11. The Bertz CT molecular complexity index is 473. The van der Waals surface area contributed by atoms with E-state index in [0.29, 0.717) is 18.8 Å². The fourth-order valence-corrected chi connectivity index (χ4v) is 2.04. The second kappa shape index (κ2) is 6.88. The lowest BCUT2D eigenvalue weighted by Gasteiger charge is -2.18. The molecule has 6 nitrogen and oxygen atoms in total. The van der Waals surface area contributed by atoms with Gasteiger partial charge >= 0.3 is 0 Å². The first-order valence-corrected chi connectivity index (χ1v) is 6.96. The number of rotatable bonds is 4. The van der Waals surface area contributed by atoms with Gasteiger partial charge in [0.25, 0.3) is 5.91 Å². The standard InChI is InChI=1S/C14H20N4O2/c1-2-6-15-11-4-5-12(17-9-11)14(20)18-8-3-7-16-13(19)10-18/h4-5,9,15H,2-3,6-8,10H2,1H3,(H,16,19). The Kier molecular flexibility index (Phi) is 4.92. The summed E-state index contributed by atoms with van der Waals surface area (Å²) in [6, 6.07) is 3.54. The Balaban J connectivity index is 2.02. The molecule has 0 bridgehead atoms. The van der Waals surface area contributed by atoms with Crippen LogP contribution >= 0.6 is 0 Å². The molecular weight excluding hydrogens is 256 g/mol. The first-order chi connectivity index (χ1) is 9.70. The van der Waals surface area contributed by atoms with E-state index in [9.17, 15) is 9.59 Å². The molecule has 0 saturated carbocycles. The Hall–Kier alpha value is -2.11. The van der Waals surface area contributed by atoms with Gasteiger partial charge in [0.15, 0.2) is 0 Å². The summed E-state index contributed by atoms with van der Waals surface area (Å²) in [5.74, 6) is -0.304. The van der Waals surface area contributed by atoms with Crippen molar-refractivity contribution in [2.75, 3.05) is 31.5 Å². The average molecular weight is 276 g/mol. The molecule has 0 spiro atoms. The molecule has 2 N–H and O–H groups in total. The Morgan fingerprint density at radius 1 is 1.50 bits per heavy atom. The number of pyridine rings is 1. The molecule has 0 atom stereocenters. The van der Waals surface area contributed by atoms with E-state index in [2.05, 4.69) is 22.5 Å². The van der Waals surface area contributed by atoms with Crippen LogP contribution in [0.4, 0.5) is 5.69 Å². The first-order valence-electron chi connectivity index (χ1n) is 6.96. The van der Waals surface area contributed by atoms with E-state index in [-0.39, 0.29) is 18.4 Å². The van der Waals surface area contributed by atoms with Crippen LogP contribution in [0.1, 0.15) is 30.3 Å². The van der Waals surface area contributed by atoms with Crippen LogP contribution in [-0.2, 0) is 4.79 Å². The quantitative estimate of drug-likeness (QED) is 0.855. The average Bonchev–Trinajstić information content (AvgIpc) is 2.69. The Morgan fingerprint density at radius 3 is 3.05 bits per heavy atom. The fraction of sp³-hybridized carbons (Fsp3) is 0.500. The van der Waals surface area contributed by atoms with Crippen LogP contribution in [0.15, 0.2) is 18.3 Å². The van der Waals surface area contributed by atoms with Gasteiger partial charge in [0, 0.05) is 19.6 Å². The molecule has 20 heavy (non-hydrogen) atoms. The monoisotopic (exact) mass is 276 g/mol. The van der Waals surface area contributed by atoms with Crippen LogP contribution < -0.4 is 10.6 Å². The molecule has 6 heteroatoms. The highest BCUT2D eigenvalue weighted by Crippen LogP contribution is 2.09. The topological polar surface area (TPSA) is 74.3 Å². The van der Waals surface area contributed by atoms with E-state index in [1.54, 1.807) is 17.2 Å². The zero-order valence-electron chi connectivity index (χ0n) is 11.7. The van der Waals surface area contributed by atoms with Crippen molar-refractivity contribution in [2.45, 2.75) is 19.8 Å². The molecule has 0 radical (unpaired) electrons. The van der Waals surface area contributed by atoms with Crippen LogP contribution in [0.5, 0.6) is 0 Å². The molecule has 2 heterocycles. The van der Waals surface area contributed by atoms with E-state index in [4.69, 9.17) is 0 Å². The Morgan fingerprint density at radius 2 is 2.35 bits per heavy atom. The lowest BCUT2D eigenvalue weighted by molar-refractivity contribution is -0.121. The molecule has 1 fully saturated rings. The number of hydrogen-bond donors (Lipinski definition) is 2. The van der Waals surface area contributed by atoms with Gasteiger partial charge < -0.3 is 15.5 Å². The van der Waals surface area contributed by atoms with Crippen LogP contribution in [-0.4, -0.2) is 47.9 Å². The summed E-state index contributed by atoms with van der Waals surface area (Å²) in [4.78, 5) is 29.5. The van der Waals surface area contributed by atoms with Crippen molar-refractivity contribution in [3.63, 3.8) is 0 Å². The summed E-state index contributed by atoms with van der Waals surface area (Å²) in [6.45, 7) is 4.27. The number of nitrogens with zero attached hydrogens (tertiary/aromatic N) is 2. The number of amides is 2. The maximum atomic E-state index is 12.3. The summed E-state index contributed by atoms with van der Waals surface area (Å²) in [7, 11) is 0. The van der Waals surface area contributed by atoms with Crippen molar-refractivity contribution in [3.05, 3.63) is 24.0 Å². The number of carbonyl (C=O) groups excluding carboxylic acids is 2. The van der Waals surface area contributed by atoms with Crippen molar-refractivity contribution < 1.29 is 9.59 Å². The number of carbonyl (C=O) groups is 2. The molecule has 2 rings (SSSR count). The summed E-state index contributed by atoms with van der Waals surface area (Å²) in [6.07, 6.45) is 3.46. The fourth-order valence-electron chi connectivity index (χ4n) is 2.04. The molecule has 1 aromatic rings. The van der Waals surface area contributed by atoms with Gasteiger partial charge in [-0.1, -0.05) is 6.92 Å². The second-order valence-corrected chi connectivity index (χ2v) is 4.79. The van der Waals surface area contributed by atoms with Crippen molar-refractivity contribution in [2.24, 2.45) is 0 Å². The predicted molar refractivity (Wildman–Crippen MR) is 76.5 cm³/mol. The third-order valence-electron chi connectivity index (χ3n) is 3.11. The highest BCUT2D eigenvalue weighted by molar-refractivity contribution is 5.95. The van der Waals surface area contributed by atoms with E-state index >= 15 is 0 Å². The zero-order chi connectivity index (χ0) is 14.4. The van der Waals surface area contributed by atoms with E-state index in [0.717, 1.165) is 25.1 Å². The van der Waals surface area contributed by atoms with Crippen LogP contribution in [0.25, 0.3) is 0 Å². The van der Waals surface area contributed by atoms with Gasteiger partial charge in [0.2, 0.25) is 5.91 Å². The van der Waals surface area contributed by atoms with Crippen molar-refractivity contribution in [1.29, 1.82) is 0 Å². The highest BCUT2D eigenvalue weighted by Gasteiger charge is 2.21. The van der Waals surface area contributed by atoms with E-state index in [1.807, 2.05) is 6.07 Å². The third kappa shape index (κ3) is 3.69. The van der Waals surface area contributed by atoms with Gasteiger partial charge in [0.1, 0.15) is 5.69 Å². The smallest absolute Gasteiger partial charge is 0.272 e. The van der Waals surface area contributed by atoms with Gasteiger partial charge in [-0.05, 0) is 25.0 Å². The van der Waals surface area contributed by atoms with E-state index in [1.165, 1.54) is 0 Å². The minimum Gasteiger partial charge on any atom is -0.384 e. The van der Waals surface area contributed by atoms with Gasteiger partial charge in [-0.15, -0.1) is 0 Å². The largest absolute Gasteiger partial charge is 0.384 e. The van der Waals surface area contributed by atoms with Crippen LogP contribution in [0.2, 0.25) is 0 Å². The van der Waals surface area contributed by atoms with Gasteiger partial charge in [-0.2, -0.15) is 0 Å². The molecule has 0 aliphatic carbocycles. The number of nitrogens with one attached hydrogen (secondary N) is 2. The molecule has 0 unspecified atom stereocenters. The summed E-state index contributed by atoms with van der Waals surface area (Å²) >= 11 is 0. The zero-order valence-corrected chi connectivity index (χ0v) is 11.7.